The molecule has 0 radical (unpaired) electrons. The summed E-state index contributed by atoms with van der Waals surface area (Å²) in [4.78, 5) is 0. The third kappa shape index (κ3) is 4.17. The molecular weight excluding hydrogens is 211 g/mol. The molecule has 0 bridgehead atoms. The van der Waals surface area contributed by atoms with E-state index in [0.717, 1.165) is 5.56 Å². The molecule has 1 aromatic carbocycles. The molecule has 0 aliphatic rings. The van der Waals surface area contributed by atoms with Gasteiger partial charge >= 0.3 is 7.60 Å². The lowest BCUT2D eigenvalue weighted by Crippen LogP contribution is -2.03. The van der Waals surface area contributed by atoms with Gasteiger partial charge in [0.2, 0.25) is 0 Å². The predicted molar refractivity (Wildman–Crippen MR) is 61.0 cm³/mol. The Morgan fingerprint density at radius 2 is 1.87 bits per heavy atom. The minimum Gasteiger partial charge on any atom is -0.312 e. The van der Waals surface area contributed by atoms with Gasteiger partial charge in [-0.25, -0.2) is 0 Å². The van der Waals surface area contributed by atoms with E-state index in [4.69, 9.17) is 9.05 Å². The molecule has 1 aromatic rings. The molecule has 1 atom stereocenters. The molecular formula is C11H17O3P. The molecule has 0 amide bonds. The van der Waals surface area contributed by atoms with Crippen LogP contribution in [0.5, 0.6) is 0 Å². The van der Waals surface area contributed by atoms with Crippen LogP contribution in [0.15, 0.2) is 30.3 Å². The topological polar surface area (TPSA) is 35.5 Å². The van der Waals surface area contributed by atoms with E-state index in [1.807, 2.05) is 44.2 Å². The van der Waals surface area contributed by atoms with Crippen LogP contribution in [-0.4, -0.2) is 13.2 Å². The average molecular weight is 228 g/mol. The van der Waals surface area contributed by atoms with Crippen LogP contribution in [0.3, 0.4) is 0 Å². The molecule has 84 valence electrons. The Hall–Kier alpha value is -0.630. The maximum Gasteiger partial charge on any atom is 0.335 e. The molecule has 0 fully saturated rings. The second kappa shape index (κ2) is 5.45. The third-order valence-corrected chi connectivity index (χ3v) is 3.92. The van der Waals surface area contributed by atoms with E-state index in [1.54, 1.807) is 0 Å². The van der Waals surface area contributed by atoms with Crippen molar-refractivity contribution in [2.45, 2.75) is 26.1 Å². The van der Waals surface area contributed by atoms with E-state index in [0.29, 0.717) is 6.16 Å². The fourth-order valence-electron chi connectivity index (χ4n) is 1.27. The van der Waals surface area contributed by atoms with Crippen molar-refractivity contribution in [1.82, 2.24) is 0 Å². The van der Waals surface area contributed by atoms with E-state index in [9.17, 15) is 4.57 Å². The summed E-state index contributed by atoms with van der Waals surface area (Å²) >= 11 is 0. The van der Waals surface area contributed by atoms with Gasteiger partial charge in [0.05, 0.1) is 12.3 Å². The fraction of sp³-hybridized carbons (Fsp3) is 0.455. The van der Waals surface area contributed by atoms with Gasteiger partial charge in [-0.2, -0.15) is 0 Å². The van der Waals surface area contributed by atoms with Crippen LogP contribution in [0, 0.1) is 0 Å². The van der Waals surface area contributed by atoms with Crippen LogP contribution in [-0.2, 0) is 19.8 Å². The van der Waals surface area contributed by atoms with E-state index < -0.39 is 7.60 Å². The van der Waals surface area contributed by atoms with Crippen LogP contribution < -0.4 is 0 Å². The monoisotopic (exact) mass is 228 g/mol. The minimum atomic E-state index is -2.98. The molecule has 0 aliphatic heterocycles. The second-order valence-corrected chi connectivity index (χ2v) is 5.71. The van der Waals surface area contributed by atoms with E-state index in [-0.39, 0.29) is 6.10 Å². The first-order valence-electron chi connectivity index (χ1n) is 4.93. The van der Waals surface area contributed by atoms with E-state index in [1.165, 1.54) is 7.11 Å². The highest BCUT2D eigenvalue weighted by atomic mass is 31.2. The Bertz CT molecular complexity index is 335. The van der Waals surface area contributed by atoms with Gasteiger partial charge in [-0.05, 0) is 19.4 Å². The first-order chi connectivity index (χ1) is 7.06. The molecule has 1 rings (SSSR count). The van der Waals surface area contributed by atoms with Crippen LogP contribution in [0.2, 0.25) is 0 Å². The maximum absolute atomic E-state index is 12.1. The molecule has 0 spiro atoms. The van der Waals surface area contributed by atoms with Gasteiger partial charge in [0.15, 0.2) is 0 Å². The van der Waals surface area contributed by atoms with Crippen molar-refractivity contribution in [3.05, 3.63) is 35.9 Å². The highest BCUT2D eigenvalue weighted by Crippen LogP contribution is 2.51. The van der Waals surface area contributed by atoms with Crippen molar-refractivity contribution in [3.63, 3.8) is 0 Å². The lowest BCUT2D eigenvalue weighted by Gasteiger charge is -2.18. The molecule has 0 N–H and O–H groups in total. The molecule has 0 aromatic heterocycles. The van der Waals surface area contributed by atoms with Gasteiger partial charge in [0.25, 0.3) is 0 Å². The summed E-state index contributed by atoms with van der Waals surface area (Å²) < 4.78 is 22.4. The summed E-state index contributed by atoms with van der Waals surface area (Å²) in [5.74, 6) is 0. The molecule has 3 nitrogen and oxygen atoms in total. The molecule has 15 heavy (non-hydrogen) atoms. The van der Waals surface area contributed by atoms with Gasteiger partial charge < -0.3 is 9.05 Å². The zero-order chi connectivity index (χ0) is 11.3. The van der Waals surface area contributed by atoms with Crippen LogP contribution >= 0.6 is 7.60 Å². The first-order valence-corrected chi connectivity index (χ1v) is 6.65. The lowest BCUT2D eigenvalue weighted by molar-refractivity contribution is 0.187. The maximum atomic E-state index is 12.1. The number of benzene rings is 1. The molecule has 0 aliphatic carbocycles. The highest BCUT2D eigenvalue weighted by molar-refractivity contribution is 7.53. The van der Waals surface area contributed by atoms with Crippen molar-refractivity contribution >= 4 is 7.60 Å². The third-order valence-electron chi connectivity index (χ3n) is 1.87. The zero-order valence-electron chi connectivity index (χ0n) is 9.34. The summed E-state index contributed by atoms with van der Waals surface area (Å²) in [6, 6.07) is 9.56. The van der Waals surface area contributed by atoms with Gasteiger partial charge in [0, 0.05) is 7.11 Å². The van der Waals surface area contributed by atoms with Crippen molar-refractivity contribution in [3.8, 4) is 0 Å². The summed E-state index contributed by atoms with van der Waals surface area (Å²) in [6.45, 7) is 3.69. The molecule has 1 unspecified atom stereocenters. The lowest BCUT2D eigenvalue weighted by atomic mass is 10.2. The Balaban J connectivity index is 2.73. The van der Waals surface area contributed by atoms with Crippen molar-refractivity contribution in [2.24, 2.45) is 0 Å². The molecule has 0 saturated heterocycles. The molecule has 0 saturated carbocycles. The van der Waals surface area contributed by atoms with Crippen LogP contribution in [0.1, 0.15) is 19.4 Å². The van der Waals surface area contributed by atoms with Crippen LogP contribution in [0.25, 0.3) is 0 Å². The predicted octanol–water partition coefficient (Wildman–Crippen LogP) is 3.45. The normalized spacial score (nSPS) is 15.2. The second-order valence-electron chi connectivity index (χ2n) is 3.59. The molecule has 0 heterocycles. The largest absolute Gasteiger partial charge is 0.335 e. The zero-order valence-corrected chi connectivity index (χ0v) is 10.2. The number of rotatable bonds is 5. The minimum absolute atomic E-state index is 0.0977. The Labute approximate surface area is 90.9 Å². The average Bonchev–Trinajstić information content (AvgIpc) is 2.18. The van der Waals surface area contributed by atoms with Crippen LogP contribution in [0.4, 0.5) is 0 Å². The quantitative estimate of drug-likeness (QED) is 0.724. The Kier molecular flexibility index (Phi) is 4.52. The SMILES string of the molecule is COP(=O)(Cc1ccccc1)OC(C)C. The van der Waals surface area contributed by atoms with Gasteiger partial charge in [-0.1, -0.05) is 30.3 Å². The highest BCUT2D eigenvalue weighted by Gasteiger charge is 2.24. The van der Waals surface area contributed by atoms with Crippen molar-refractivity contribution in [1.29, 1.82) is 0 Å². The Morgan fingerprint density at radius 1 is 1.27 bits per heavy atom. The van der Waals surface area contributed by atoms with Gasteiger partial charge in [-0.3, -0.25) is 4.57 Å². The molecule has 4 heteroatoms. The number of hydrogen-bond acceptors (Lipinski definition) is 3. The van der Waals surface area contributed by atoms with Gasteiger partial charge in [0.1, 0.15) is 0 Å². The fourth-order valence-corrected chi connectivity index (χ4v) is 2.86. The Morgan fingerprint density at radius 3 is 2.33 bits per heavy atom. The number of hydrogen-bond donors (Lipinski definition) is 0. The van der Waals surface area contributed by atoms with E-state index in [2.05, 4.69) is 0 Å². The summed E-state index contributed by atoms with van der Waals surface area (Å²) in [5, 5.41) is 0. The summed E-state index contributed by atoms with van der Waals surface area (Å²) in [7, 11) is -1.56. The van der Waals surface area contributed by atoms with E-state index >= 15 is 0 Å². The first kappa shape index (κ1) is 12.4. The van der Waals surface area contributed by atoms with Gasteiger partial charge in [-0.15, -0.1) is 0 Å². The van der Waals surface area contributed by atoms with Crippen molar-refractivity contribution < 1.29 is 13.6 Å². The summed E-state index contributed by atoms with van der Waals surface area (Å²) in [5.41, 5.74) is 0.961. The standard InChI is InChI=1S/C11H17O3P/c1-10(2)14-15(12,13-3)9-11-7-5-4-6-8-11/h4-8,10H,9H2,1-3H3. The summed E-state index contributed by atoms with van der Waals surface area (Å²) in [6.07, 6.45) is 0.224. The van der Waals surface area contributed by atoms with Crippen molar-refractivity contribution in [2.75, 3.05) is 7.11 Å². The smallest absolute Gasteiger partial charge is 0.312 e.